The molecule has 2 aromatic carbocycles. The number of methoxy groups -OCH3 is 2. The number of hydrogen-bond donors (Lipinski definition) is 4. The zero-order valence-corrected chi connectivity index (χ0v) is 28.8. The highest BCUT2D eigenvalue weighted by molar-refractivity contribution is 6.39. The van der Waals surface area contributed by atoms with Gasteiger partial charge in [-0.1, -0.05) is 59.6 Å². The van der Waals surface area contributed by atoms with Crippen molar-refractivity contribution >= 4 is 29.1 Å². The summed E-state index contributed by atoms with van der Waals surface area (Å²) < 4.78 is 11.3. The number of amides is 1. The van der Waals surface area contributed by atoms with Crippen LogP contribution in [0.25, 0.3) is 33.6 Å². The largest absolute Gasteiger partial charge is 0.481 e. The first-order valence-corrected chi connectivity index (χ1v) is 16.9. The highest BCUT2D eigenvalue weighted by atomic mass is 35.5. The summed E-state index contributed by atoms with van der Waals surface area (Å²) in [6.45, 7) is 4.59. The molecule has 2 aliphatic rings. The fraction of sp³-hybridized carbons (Fsp3) is 0.389. The van der Waals surface area contributed by atoms with E-state index >= 15 is 0 Å². The van der Waals surface area contributed by atoms with Crippen LogP contribution in [-0.2, 0) is 17.9 Å². The first-order valence-electron chi connectivity index (χ1n) is 16.2. The molecule has 0 radical (unpaired) electrons. The van der Waals surface area contributed by atoms with Gasteiger partial charge < -0.3 is 30.5 Å². The number of nitrogens with one attached hydrogen (secondary N) is 3. The fourth-order valence-corrected chi connectivity index (χ4v) is 6.99. The maximum Gasteiger partial charge on any atom is 0.237 e. The van der Waals surface area contributed by atoms with Crippen molar-refractivity contribution in [3.63, 3.8) is 0 Å². The number of aliphatic hydroxyl groups is 1. The molecular formula is C36H40Cl2N6O4. The second-order valence-corrected chi connectivity index (χ2v) is 13.2. The molecule has 4 aromatic rings. The van der Waals surface area contributed by atoms with Crippen LogP contribution in [0.15, 0.2) is 48.7 Å². The summed E-state index contributed by atoms with van der Waals surface area (Å²) in [6.07, 6.45) is 4.59. The summed E-state index contributed by atoms with van der Waals surface area (Å²) in [4.78, 5) is 25.7. The second-order valence-electron chi connectivity index (χ2n) is 12.4. The third kappa shape index (κ3) is 7.43. The van der Waals surface area contributed by atoms with Crippen LogP contribution in [-0.4, -0.2) is 65.4 Å². The van der Waals surface area contributed by atoms with Gasteiger partial charge in [-0.15, -0.1) is 0 Å². The molecule has 1 aliphatic heterocycles. The minimum atomic E-state index is -0.163. The van der Waals surface area contributed by atoms with Crippen molar-refractivity contribution in [1.82, 2.24) is 30.9 Å². The Labute approximate surface area is 290 Å². The lowest BCUT2D eigenvalue weighted by molar-refractivity contribution is -0.119. The lowest BCUT2D eigenvalue weighted by Gasteiger charge is -2.31. The Morgan fingerprint density at radius 3 is 2.15 bits per heavy atom. The average molecular weight is 692 g/mol. The van der Waals surface area contributed by atoms with Gasteiger partial charge in [0.25, 0.3) is 0 Å². The first-order chi connectivity index (χ1) is 23.2. The number of rotatable bonds is 13. The number of nitrogens with zero attached hydrogens (tertiary/aromatic N) is 3. The molecule has 1 aliphatic carbocycles. The van der Waals surface area contributed by atoms with Crippen LogP contribution in [0.3, 0.4) is 0 Å². The lowest BCUT2D eigenvalue weighted by atomic mass is 9.82. The van der Waals surface area contributed by atoms with E-state index in [4.69, 9.17) is 42.6 Å². The summed E-state index contributed by atoms with van der Waals surface area (Å²) in [6, 6.07) is 13.7. The van der Waals surface area contributed by atoms with Gasteiger partial charge >= 0.3 is 0 Å². The molecule has 252 valence electrons. The van der Waals surface area contributed by atoms with Gasteiger partial charge in [0.15, 0.2) is 0 Å². The molecule has 48 heavy (non-hydrogen) atoms. The lowest BCUT2D eigenvalue weighted by Crippen LogP contribution is -2.36. The maximum absolute atomic E-state index is 11.5. The number of halogens is 2. The van der Waals surface area contributed by atoms with E-state index in [1.807, 2.05) is 49.4 Å². The number of aromatic nitrogens is 3. The van der Waals surface area contributed by atoms with E-state index in [1.54, 1.807) is 20.4 Å². The zero-order chi connectivity index (χ0) is 33.8. The summed E-state index contributed by atoms with van der Waals surface area (Å²) in [5.74, 6) is 1.53. The number of carbonyl (C=O) groups excluding carboxylic acids is 1. The highest BCUT2D eigenvalue weighted by Gasteiger charge is 2.27. The number of pyridine rings is 1. The molecule has 10 nitrogen and oxygen atoms in total. The number of aryl methyl sites for hydroxylation is 1. The highest BCUT2D eigenvalue weighted by Crippen LogP contribution is 2.42. The Morgan fingerprint density at radius 1 is 0.896 bits per heavy atom. The van der Waals surface area contributed by atoms with Crippen LogP contribution < -0.4 is 25.4 Å². The Balaban J connectivity index is 1.23. The van der Waals surface area contributed by atoms with Gasteiger partial charge in [0.1, 0.15) is 5.69 Å². The number of ether oxygens (including phenoxy) is 2. The summed E-state index contributed by atoms with van der Waals surface area (Å²) in [5.41, 5.74) is 6.91. The monoisotopic (exact) mass is 690 g/mol. The van der Waals surface area contributed by atoms with Crippen molar-refractivity contribution in [3.8, 4) is 45.4 Å². The molecule has 0 bridgehead atoms. The number of benzene rings is 2. The Bertz CT molecular complexity index is 1800. The minimum Gasteiger partial charge on any atom is -0.481 e. The van der Waals surface area contributed by atoms with Gasteiger partial charge in [0.2, 0.25) is 17.7 Å². The molecule has 6 rings (SSSR count). The zero-order valence-electron chi connectivity index (χ0n) is 27.3. The molecule has 12 heteroatoms. The third-order valence-corrected chi connectivity index (χ3v) is 9.88. The van der Waals surface area contributed by atoms with Crippen molar-refractivity contribution in [1.29, 1.82) is 0 Å². The van der Waals surface area contributed by atoms with Crippen LogP contribution in [0, 0.1) is 12.8 Å². The van der Waals surface area contributed by atoms with Gasteiger partial charge in [-0.2, -0.15) is 0 Å². The smallest absolute Gasteiger partial charge is 0.237 e. The van der Waals surface area contributed by atoms with Crippen molar-refractivity contribution in [3.05, 3.63) is 75.5 Å². The van der Waals surface area contributed by atoms with Crippen LogP contribution in [0.1, 0.15) is 42.5 Å². The summed E-state index contributed by atoms with van der Waals surface area (Å²) >= 11 is 14.2. The van der Waals surface area contributed by atoms with Crippen LogP contribution in [0.2, 0.25) is 10.0 Å². The van der Waals surface area contributed by atoms with Gasteiger partial charge in [0.05, 0.1) is 48.0 Å². The molecule has 1 amide bonds. The molecule has 0 spiro atoms. The molecule has 0 unspecified atom stereocenters. The van der Waals surface area contributed by atoms with Crippen molar-refractivity contribution in [2.75, 3.05) is 27.3 Å². The van der Waals surface area contributed by atoms with E-state index < -0.39 is 0 Å². The minimum absolute atomic E-state index is 0.0859. The molecule has 4 N–H and O–H groups in total. The second kappa shape index (κ2) is 15.2. The SMILES string of the molecule is COc1nc(-c2cccc(-c3cccc(-c4cc(C)c(CNC[C@H]5C[C@H](O)C5)c(OC)n4)c3Cl)c2Cl)cnc1CNC[C@@H]1CCC(=O)N1. The van der Waals surface area contributed by atoms with E-state index in [2.05, 4.69) is 20.9 Å². The van der Waals surface area contributed by atoms with Crippen molar-refractivity contribution < 1.29 is 19.4 Å². The fourth-order valence-electron chi connectivity index (χ4n) is 6.34. The van der Waals surface area contributed by atoms with E-state index in [-0.39, 0.29) is 18.1 Å². The average Bonchev–Trinajstić information content (AvgIpc) is 3.49. The van der Waals surface area contributed by atoms with Gasteiger partial charge in [0, 0.05) is 59.9 Å². The Hall–Kier alpha value is -3.80. The van der Waals surface area contributed by atoms with E-state index in [0.29, 0.717) is 76.4 Å². The maximum atomic E-state index is 11.5. The molecular weight excluding hydrogens is 651 g/mol. The topological polar surface area (TPSA) is 131 Å². The van der Waals surface area contributed by atoms with Crippen molar-refractivity contribution in [2.24, 2.45) is 5.92 Å². The number of carbonyl (C=O) groups is 1. The molecule has 1 saturated heterocycles. The molecule has 2 aromatic heterocycles. The normalized spacial score (nSPS) is 18.8. The van der Waals surface area contributed by atoms with Gasteiger partial charge in [-0.05, 0) is 50.3 Å². The van der Waals surface area contributed by atoms with Gasteiger partial charge in [-0.25, -0.2) is 9.97 Å². The third-order valence-electron chi connectivity index (χ3n) is 9.06. The van der Waals surface area contributed by atoms with Crippen LogP contribution in [0.4, 0.5) is 0 Å². The summed E-state index contributed by atoms with van der Waals surface area (Å²) in [5, 5.41) is 20.4. The molecule has 3 heterocycles. The van der Waals surface area contributed by atoms with Crippen LogP contribution in [0.5, 0.6) is 11.8 Å². The van der Waals surface area contributed by atoms with E-state index in [1.165, 1.54) is 0 Å². The van der Waals surface area contributed by atoms with E-state index in [0.717, 1.165) is 53.6 Å². The quantitative estimate of drug-likeness (QED) is 0.139. The predicted octanol–water partition coefficient (Wildman–Crippen LogP) is 5.73. The standard InChI is InChI=1S/C36H40Cl2N6O4/c1-20-12-29(43-35(47-2)28(20)17-39-15-21-13-23(45)14-21)26-8-4-6-24(33(26)37)25-7-5-9-27(34(25)38)30-19-41-31(36(44-30)48-3)18-40-16-22-10-11-32(46)42-22/h4-9,12,19,21-23,39-40,45H,10-11,13-18H2,1-3H3,(H,42,46)/t21-,22-,23-/m0/s1. The van der Waals surface area contributed by atoms with E-state index in [9.17, 15) is 9.90 Å². The molecule has 2 fully saturated rings. The predicted molar refractivity (Wildman–Crippen MR) is 187 cm³/mol. The van der Waals surface area contributed by atoms with Crippen LogP contribution >= 0.6 is 23.2 Å². The number of hydrogen-bond acceptors (Lipinski definition) is 9. The Kier molecular flexibility index (Phi) is 10.8. The molecule has 1 saturated carbocycles. The summed E-state index contributed by atoms with van der Waals surface area (Å²) in [7, 11) is 3.19. The van der Waals surface area contributed by atoms with Crippen molar-refractivity contribution in [2.45, 2.75) is 57.8 Å². The first kappa shape index (κ1) is 34.1. The Morgan fingerprint density at radius 2 is 1.52 bits per heavy atom. The molecule has 1 atom stereocenters. The van der Waals surface area contributed by atoms with Gasteiger partial charge in [-0.3, -0.25) is 9.78 Å². The number of aliphatic hydroxyl groups excluding tert-OH is 1.